The number of hydrogen-bond acceptors (Lipinski definition) is 5. The van der Waals surface area contributed by atoms with Crippen molar-refractivity contribution in [2.45, 2.75) is 9.92 Å². The van der Waals surface area contributed by atoms with Crippen LogP contribution in [0.2, 0.25) is 0 Å². The lowest BCUT2D eigenvalue weighted by Crippen LogP contribution is -2.22. The fourth-order valence-corrected chi connectivity index (χ4v) is 2.20. The Morgan fingerprint density at radius 2 is 1.75 bits per heavy atom. The van der Waals surface area contributed by atoms with Gasteiger partial charge in [-0.2, -0.15) is 0 Å². The van der Waals surface area contributed by atoms with E-state index in [1.54, 1.807) is 0 Å². The summed E-state index contributed by atoms with van der Waals surface area (Å²) in [6, 6.07) is 2.19. The summed E-state index contributed by atoms with van der Waals surface area (Å²) in [5, 5.41) is 4.46. The van der Waals surface area contributed by atoms with Gasteiger partial charge in [0.15, 0.2) is 5.03 Å². The average molecular weight is 265 g/mol. The zero-order valence-corrected chi connectivity index (χ0v) is 10.3. The summed E-state index contributed by atoms with van der Waals surface area (Å²) in [5.74, 6) is 0. The lowest BCUT2D eigenvalue weighted by Gasteiger charge is -2.10. The van der Waals surface area contributed by atoms with Crippen LogP contribution in [0.1, 0.15) is 0 Å². The first-order valence-corrected chi connectivity index (χ1v) is 7.06. The number of hydrogen-bond donors (Lipinski definition) is 1. The molecular weight excluding hydrogens is 254 g/mol. The Hall–Kier alpha value is -1.03. The molecule has 16 heavy (non-hydrogen) atoms. The van der Waals surface area contributed by atoms with Crippen molar-refractivity contribution in [3.05, 3.63) is 18.3 Å². The number of primary sulfonamides is 1. The predicted molar refractivity (Wildman–Crippen MR) is 56.5 cm³/mol. The second-order valence-electron chi connectivity index (χ2n) is 3.16. The maximum atomic E-state index is 11.6. The largest absolute Gasteiger partial charge is 0.255 e. The van der Waals surface area contributed by atoms with Crippen molar-refractivity contribution in [1.29, 1.82) is 0 Å². The summed E-state index contributed by atoms with van der Waals surface area (Å²) in [6.45, 7) is 0. The third kappa shape index (κ3) is 2.55. The van der Waals surface area contributed by atoms with Crippen molar-refractivity contribution in [1.82, 2.24) is 9.29 Å². The second-order valence-corrected chi connectivity index (χ2v) is 6.82. The van der Waals surface area contributed by atoms with Gasteiger partial charge in [0, 0.05) is 20.3 Å². The first kappa shape index (κ1) is 13.0. The van der Waals surface area contributed by atoms with Crippen molar-refractivity contribution in [2.75, 3.05) is 14.1 Å². The van der Waals surface area contributed by atoms with Crippen LogP contribution in [0.3, 0.4) is 0 Å². The van der Waals surface area contributed by atoms with E-state index in [1.165, 1.54) is 14.1 Å². The molecule has 0 aliphatic rings. The van der Waals surface area contributed by atoms with Crippen molar-refractivity contribution in [3.8, 4) is 0 Å². The Morgan fingerprint density at radius 3 is 2.06 bits per heavy atom. The van der Waals surface area contributed by atoms with E-state index in [9.17, 15) is 16.8 Å². The standard InChI is InChI=1S/C7H11N3O4S2/c1-10(2)16(13,14)6-3-4-7(9-5-6)15(8,11)12/h3-5H,1-2H3,(H2,8,11,12). The van der Waals surface area contributed by atoms with Crippen molar-refractivity contribution < 1.29 is 16.8 Å². The summed E-state index contributed by atoms with van der Waals surface area (Å²) in [6.07, 6.45) is 0.953. The number of rotatable bonds is 3. The molecule has 0 atom stereocenters. The molecule has 0 bridgehead atoms. The molecule has 0 saturated carbocycles. The topological polar surface area (TPSA) is 110 Å². The van der Waals surface area contributed by atoms with Crippen LogP contribution in [-0.2, 0) is 20.0 Å². The summed E-state index contributed by atoms with van der Waals surface area (Å²) in [7, 11) is -4.78. The lowest BCUT2D eigenvalue weighted by molar-refractivity contribution is 0.520. The molecular formula is C7H11N3O4S2. The Morgan fingerprint density at radius 1 is 1.19 bits per heavy atom. The third-order valence-electron chi connectivity index (χ3n) is 1.78. The quantitative estimate of drug-likeness (QED) is 0.752. The van der Waals surface area contributed by atoms with Gasteiger partial charge in [-0.25, -0.2) is 31.3 Å². The van der Waals surface area contributed by atoms with Gasteiger partial charge in [0.25, 0.3) is 10.0 Å². The van der Waals surface area contributed by atoms with Crippen LogP contribution >= 0.6 is 0 Å². The fourth-order valence-electron chi connectivity index (χ4n) is 0.898. The Balaban J connectivity index is 3.25. The monoisotopic (exact) mass is 265 g/mol. The zero-order valence-electron chi connectivity index (χ0n) is 8.65. The fraction of sp³-hybridized carbons (Fsp3) is 0.286. The Labute approximate surface area is 94.0 Å². The van der Waals surface area contributed by atoms with E-state index in [0.29, 0.717) is 0 Å². The van der Waals surface area contributed by atoms with Gasteiger partial charge in [-0.05, 0) is 12.1 Å². The smallest absolute Gasteiger partial charge is 0.242 e. The van der Waals surface area contributed by atoms with Crippen molar-refractivity contribution >= 4 is 20.0 Å². The van der Waals surface area contributed by atoms with Crippen LogP contribution in [-0.4, -0.2) is 40.2 Å². The van der Waals surface area contributed by atoms with Gasteiger partial charge in [0.2, 0.25) is 10.0 Å². The minimum absolute atomic E-state index is 0.0927. The van der Waals surface area contributed by atoms with E-state index in [-0.39, 0.29) is 9.92 Å². The third-order valence-corrected chi connectivity index (χ3v) is 4.40. The highest BCUT2D eigenvalue weighted by Gasteiger charge is 2.18. The van der Waals surface area contributed by atoms with E-state index < -0.39 is 20.0 Å². The average Bonchev–Trinajstić information content (AvgIpc) is 2.16. The molecule has 0 fully saturated rings. The number of aromatic nitrogens is 1. The van der Waals surface area contributed by atoms with Crippen molar-refractivity contribution in [3.63, 3.8) is 0 Å². The van der Waals surface area contributed by atoms with Gasteiger partial charge in [0.05, 0.1) is 0 Å². The number of nitrogens with zero attached hydrogens (tertiary/aromatic N) is 2. The first-order chi connectivity index (χ1) is 7.15. The van der Waals surface area contributed by atoms with Gasteiger partial charge >= 0.3 is 0 Å². The molecule has 90 valence electrons. The van der Waals surface area contributed by atoms with Gasteiger partial charge in [-0.1, -0.05) is 0 Å². The van der Waals surface area contributed by atoms with Gasteiger partial charge in [-0.3, -0.25) is 0 Å². The SMILES string of the molecule is CN(C)S(=O)(=O)c1ccc(S(N)(=O)=O)nc1. The molecule has 1 aromatic rings. The Kier molecular flexibility index (Phi) is 3.33. The number of pyridine rings is 1. The zero-order chi connectivity index (χ0) is 12.6. The van der Waals surface area contributed by atoms with Crippen LogP contribution in [0.25, 0.3) is 0 Å². The van der Waals surface area contributed by atoms with Gasteiger partial charge < -0.3 is 0 Å². The molecule has 1 heterocycles. The minimum atomic E-state index is -3.90. The normalized spacial score (nSPS) is 13.0. The molecule has 0 unspecified atom stereocenters. The van der Waals surface area contributed by atoms with Gasteiger partial charge in [-0.15, -0.1) is 0 Å². The highest BCUT2D eigenvalue weighted by Crippen LogP contribution is 2.13. The van der Waals surface area contributed by atoms with E-state index in [1.807, 2.05) is 0 Å². The molecule has 0 spiro atoms. The highest BCUT2D eigenvalue weighted by molar-refractivity contribution is 7.89. The van der Waals surface area contributed by atoms with Crippen LogP contribution in [0.15, 0.2) is 28.3 Å². The van der Waals surface area contributed by atoms with Gasteiger partial charge in [0.1, 0.15) is 4.90 Å². The van der Waals surface area contributed by atoms with E-state index in [2.05, 4.69) is 4.98 Å². The molecule has 0 radical (unpaired) electrons. The van der Waals surface area contributed by atoms with Crippen molar-refractivity contribution in [2.24, 2.45) is 5.14 Å². The molecule has 0 aliphatic carbocycles. The van der Waals surface area contributed by atoms with Crippen LogP contribution in [0.5, 0.6) is 0 Å². The summed E-state index contributed by atoms with van der Waals surface area (Å²) < 4.78 is 46.0. The van der Waals surface area contributed by atoms with Crippen LogP contribution in [0, 0.1) is 0 Å². The predicted octanol–water partition coefficient (Wildman–Crippen LogP) is -1.02. The molecule has 0 amide bonds. The molecule has 7 nitrogen and oxygen atoms in total. The molecule has 1 rings (SSSR count). The first-order valence-electron chi connectivity index (χ1n) is 4.07. The maximum Gasteiger partial charge on any atom is 0.255 e. The number of nitrogens with two attached hydrogens (primary N) is 1. The highest BCUT2D eigenvalue weighted by atomic mass is 32.2. The number of sulfonamides is 2. The molecule has 0 aromatic carbocycles. The van der Waals surface area contributed by atoms with E-state index in [4.69, 9.17) is 5.14 Å². The molecule has 0 aliphatic heterocycles. The van der Waals surface area contributed by atoms with E-state index >= 15 is 0 Å². The molecule has 2 N–H and O–H groups in total. The molecule has 9 heteroatoms. The summed E-state index contributed by atoms with van der Waals surface area (Å²) >= 11 is 0. The molecule has 0 saturated heterocycles. The van der Waals surface area contributed by atoms with Crippen LogP contribution < -0.4 is 5.14 Å². The maximum absolute atomic E-state index is 11.6. The lowest BCUT2D eigenvalue weighted by atomic mass is 10.5. The Bertz CT molecular complexity index is 575. The van der Waals surface area contributed by atoms with Crippen LogP contribution in [0.4, 0.5) is 0 Å². The second kappa shape index (κ2) is 4.09. The minimum Gasteiger partial charge on any atom is -0.242 e. The van der Waals surface area contributed by atoms with E-state index in [0.717, 1.165) is 22.6 Å². The molecule has 1 aromatic heterocycles. The summed E-state index contributed by atoms with van der Waals surface area (Å²) in [5.41, 5.74) is 0. The summed E-state index contributed by atoms with van der Waals surface area (Å²) in [4.78, 5) is 3.39.